The topological polar surface area (TPSA) is 98.2 Å². The molecule has 0 unspecified atom stereocenters. The van der Waals surface area contributed by atoms with Crippen LogP contribution in [-0.2, 0) is 11.0 Å². The molecule has 0 saturated heterocycles. The molecule has 1 aromatic heterocycles. The molecule has 0 aliphatic rings. The third-order valence-electron chi connectivity index (χ3n) is 1.27. The van der Waals surface area contributed by atoms with Gasteiger partial charge in [-0.2, -0.15) is 0 Å². The van der Waals surface area contributed by atoms with Crippen molar-refractivity contribution in [2.24, 2.45) is 0 Å². The SMILES string of the molecule is O=P(O)(O)NCCc1cnc[nH]1. The Hall–Kier alpha value is -0.680. The Balaban J connectivity index is 2.24. The fourth-order valence-corrected chi connectivity index (χ4v) is 1.16. The van der Waals surface area contributed by atoms with Crippen molar-refractivity contribution in [2.45, 2.75) is 6.42 Å². The molecule has 1 aromatic rings. The van der Waals surface area contributed by atoms with Crippen molar-refractivity contribution in [3.8, 4) is 0 Å². The third-order valence-corrected chi connectivity index (χ3v) is 1.90. The molecule has 0 aromatic carbocycles. The molecule has 0 aliphatic carbocycles. The number of rotatable bonds is 4. The van der Waals surface area contributed by atoms with Crippen LogP contribution in [0.4, 0.5) is 0 Å². The molecular weight excluding hydrogens is 181 g/mol. The quantitative estimate of drug-likeness (QED) is 0.487. The van der Waals surface area contributed by atoms with Gasteiger partial charge in [0.05, 0.1) is 6.33 Å². The third kappa shape index (κ3) is 3.64. The maximum absolute atomic E-state index is 10.3. The van der Waals surface area contributed by atoms with E-state index in [-0.39, 0.29) is 6.54 Å². The monoisotopic (exact) mass is 191 g/mol. The molecule has 68 valence electrons. The number of nitrogens with zero attached hydrogens (tertiary/aromatic N) is 1. The van der Waals surface area contributed by atoms with Crippen molar-refractivity contribution >= 4 is 7.75 Å². The zero-order valence-corrected chi connectivity index (χ0v) is 7.16. The van der Waals surface area contributed by atoms with Crippen molar-refractivity contribution in [3.63, 3.8) is 0 Å². The van der Waals surface area contributed by atoms with Gasteiger partial charge in [-0.15, -0.1) is 0 Å². The number of nitrogens with one attached hydrogen (secondary N) is 2. The van der Waals surface area contributed by atoms with Gasteiger partial charge in [0, 0.05) is 24.9 Å². The van der Waals surface area contributed by atoms with Crippen LogP contribution >= 0.6 is 7.75 Å². The zero-order chi connectivity index (χ0) is 9.03. The molecule has 12 heavy (non-hydrogen) atoms. The van der Waals surface area contributed by atoms with Crippen LogP contribution in [0.1, 0.15) is 5.69 Å². The lowest BCUT2D eigenvalue weighted by Crippen LogP contribution is -2.13. The van der Waals surface area contributed by atoms with Crippen molar-refractivity contribution in [3.05, 3.63) is 18.2 Å². The van der Waals surface area contributed by atoms with Gasteiger partial charge in [-0.05, 0) is 0 Å². The van der Waals surface area contributed by atoms with Gasteiger partial charge in [-0.3, -0.25) is 0 Å². The molecule has 6 nitrogen and oxygen atoms in total. The Morgan fingerprint density at radius 3 is 2.92 bits per heavy atom. The molecule has 0 bridgehead atoms. The molecule has 0 atom stereocenters. The summed E-state index contributed by atoms with van der Waals surface area (Å²) in [5, 5.41) is 2.08. The lowest BCUT2D eigenvalue weighted by molar-refractivity contribution is 0.357. The summed E-state index contributed by atoms with van der Waals surface area (Å²) in [5.74, 6) is 0. The van der Waals surface area contributed by atoms with E-state index in [4.69, 9.17) is 9.79 Å². The second-order valence-electron chi connectivity index (χ2n) is 2.28. The largest absolute Gasteiger partial charge is 0.400 e. The molecule has 1 rings (SSSR count). The fraction of sp³-hybridized carbons (Fsp3) is 0.400. The number of H-pyrrole nitrogens is 1. The minimum atomic E-state index is -4.07. The lowest BCUT2D eigenvalue weighted by Gasteiger charge is -2.03. The summed E-state index contributed by atoms with van der Waals surface area (Å²) in [6.07, 6.45) is 3.65. The van der Waals surface area contributed by atoms with Crippen LogP contribution < -0.4 is 5.09 Å². The first-order valence-corrected chi connectivity index (χ1v) is 4.97. The van der Waals surface area contributed by atoms with Gasteiger partial charge in [0.2, 0.25) is 0 Å². The second kappa shape index (κ2) is 3.82. The minimum Gasteiger partial charge on any atom is -0.348 e. The van der Waals surface area contributed by atoms with E-state index in [1.807, 2.05) is 0 Å². The Kier molecular flexibility index (Phi) is 2.99. The first-order valence-electron chi connectivity index (χ1n) is 3.36. The van der Waals surface area contributed by atoms with Crippen LogP contribution in [-0.4, -0.2) is 26.3 Å². The number of hydrogen-bond donors (Lipinski definition) is 4. The van der Waals surface area contributed by atoms with Gasteiger partial charge in [0.25, 0.3) is 0 Å². The minimum absolute atomic E-state index is 0.229. The summed E-state index contributed by atoms with van der Waals surface area (Å²) in [5.41, 5.74) is 0.843. The van der Waals surface area contributed by atoms with E-state index >= 15 is 0 Å². The normalized spacial score (nSPS) is 11.8. The summed E-state index contributed by atoms with van der Waals surface area (Å²) in [6.45, 7) is 0.229. The van der Waals surface area contributed by atoms with Gasteiger partial charge >= 0.3 is 7.75 Å². The summed E-state index contributed by atoms with van der Waals surface area (Å²) in [6, 6.07) is 0. The highest BCUT2D eigenvalue weighted by molar-refractivity contribution is 7.49. The molecule has 4 N–H and O–H groups in total. The van der Waals surface area contributed by atoms with Crippen molar-refractivity contribution in [1.29, 1.82) is 0 Å². The zero-order valence-electron chi connectivity index (χ0n) is 6.27. The van der Waals surface area contributed by atoms with Crippen LogP contribution in [0.2, 0.25) is 0 Å². The molecule has 0 radical (unpaired) electrons. The van der Waals surface area contributed by atoms with E-state index in [0.717, 1.165) is 5.69 Å². The van der Waals surface area contributed by atoms with E-state index in [1.54, 1.807) is 6.20 Å². The van der Waals surface area contributed by atoms with Crippen molar-refractivity contribution in [1.82, 2.24) is 15.1 Å². The van der Waals surface area contributed by atoms with Gasteiger partial charge in [0.15, 0.2) is 0 Å². The predicted molar refractivity (Wildman–Crippen MR) is 42.3 cm³/mol. The summed E-state index contributed by atoms with van der Waals surface area (Å²) in [4.78, 5) is 23.4. The van der Waals surface area contributed by atoms with Crippen LogP contribution in [0.15, 0.2) is 12.5 Å². The molecule has 0 fully saturated rings. The van der Waals surface area contributed by atoms with Crippen molar-refractivity contribution < 1.29 is 14.4 Å². The van der Waals surface area contributed by atoms with E-state index < -0.39 is 7.75 Å². The number of aromatic nitrogens is 2. The molecule has 0 saturated carbocycles. The van der Waals surface area contributed by atoms with E-state index in [2.05, 4.69) is 15.1 Å². The average Bonchev–Trinajstić information content (AvgIpc) is 2.36. The maximum atomic E-state index is 10.3. The molecule has 7 heteroatoms. The first kappa shape index (κ1) is 9.41. The summed E-state index contributed by atoms with van der Waals surface area (Å²) < 4.78 is 10.3. The smallest absolute Gasteiger partial charge is 0.348 e. The number of imidazole rings is 1. The van der Waals surface area contributed by atoms with Crippen LogP contribution in [0, 0.1) is 0 Å². The Labute approximate surface area is 69.2 Å². The molecule has 0 aliphatic heterocycles. The average molecular weight is 191 g/mol. The van der Waals surface area contributed by atoms with E-state index in [1.165, 1.54) is 6.33 Å². The predicted octanol–water partition coefficient (Wildman–Crippen LogP) is -0.366. The highest BCUT2D eigenvalue weighted by atomic mass is 31.2. The maximum Gasteiger partial charge on any atom is 0.400 e. The fourth-order valence-electron chi connectivity index (χ4n) is 0.758. The Morgan fingerprint density at radius 2 is 2.42 bits per heavy atom. The van der Waals surface area contributed by atoms with E-state index in [9.17, 15) is 4.57 Å². The van der Waals surface area contributed by atoms with Crippen LogP contribution in [0.25, 0.3) is 0 Å². The number of hydrogen-bond acceptors (Lipinski definition) is 2. The van der Waals surface area contributed by atoms with Crippen LogP contribution in [0.5, 0.6) is 0 Å². The summed E-state index contributed by atoms with van der Waals surface area (Å²) >= 11 is 0. The Morgan fingerprint density at radius 1 is 1.67 bits per heavy atom. The summed E-state index contributed by atoms with van der Waals surface area (Å²) in [7, 11) is -4.07. The van der Waals surface area contributed by atoms with Gasteiger partial charge in [-0.25, -0.2) is 14.6 Å². The second-order valence-corrected chi connectivity index (χ2v) is 3.68. The van der Waals surface area contributed by atoms with Crippen LogP contribution in [0.3, 0.4) is 0 Å². The standard InChI is InChI=1S/C5H10N3O3P/c9-12(10,11)8-2-1-5-3-6-4-7-5/h3-4H,1-2H2,(H,6,7)(H3,8,9,10,11). The highest BCUT2D eigenvalue weighted by Crippen LogP contribution is 2.27. The first-order chi connectivity index (χ1) is 5.58. The Bertz CT molecular complexity index is 267. The van der Waals surface area contributed by atoms with Gasteiger partial charge < -0.3 is 14.8 Å². The lowest BCUT2D eigenvalue weighted by atomic mass is 10.3. The molecular formula is C5H10N3O3P. The highest BCUT2D eigenvalue weighted by Gasteiger charge is 2.10. The van der Waals surface area contributed by atoms with Gasteiger partial charge in [0.1, 0.15) is 0 Å². The molecule has 0 amide bonds. The van der Waals surface area contributed by atoms with E-state index in [0.29, 0.717) is 6.42 Å². The molecule has 1 heterocycles. The van der Waals surface area contributed by atoms with Crippen molar-refractivity contribution in [2.75, 3.05) is 6.54 Å². The van der Waals surface area contributed by atoms with Gasteiger partial charge in [-0.1, -0.05) is 0 Å². The number of aromatic amines is 1. The molecule has 0 spiro atoms.